The molecular weight excluding hydrogens is 298 g/mol. The van der Waals surface area contributed by atoms with Crippen LogP contribution in [0.2, 0.25) is 0 Å². The summed E-state index contributed by atoms with van der Waals surface area (Å²) in [5.41, 5.74) is -0.0528. The van der Waals surface area contributed by atoms with Gasteiger partial charge in [0.2, 0.25) is 5.91 Å². The number of carbonyl (C=O) groups excluding carboxylic acids is 1. The summed E-state index contributed by atoms with van der Waals surface area (Å²) in [5, 5.41) is 10.4. The van der Waals surface area contributed by atoms with Gasteiger partial charge in [-0.15, -0.1) is 10.2 Å². The molecule has 0 radical (unpaired) electrons. The average molecular weight is 312 g/mol. The molecular formula is C13H14F2N4OS. The maximum atomic E-state index is 13.5. The van der Waals surface area contributed by atoms with Gasteiger partial charge < -0.3 is 9.88 Å². The molecule has 5 nitrogen and oxygen atoms in total. The normalized spacial score (nSPS) is 12.2. The lowest BCUT2D eigenvalue weighted by molar-refractivity contribution is -0.115. The van der Waals surface area contributed by atoms with E-state index in [4.69, 9.17) is 0 Å². The van der Waals surface area contributed by atoms with Crippen molar-refractivity contribution in [1.82, 2.24) is 14.8 Å². The van der Waals surface area contributed by atoms with E-state index in [1.807, 2.05) is 0 Å². The first-order valence-electron chi connectivity index (χ1n) is 6.17. The molecule has 0 fully saturated rings. The number of nitrogens with one attached hydrogen (secondary N) is 1. The fourth-order valence-electron chi connectivity index (χ4n) is 1.53. The molecule has 2 rings (SSSR count). The molecule has 0 saturated carbocycles. The van der Waals surface area contributed by atoms with Crippen molar-refractivity contribution in [2.75, 3.05) is 5.32 Å². The van der Waals surface area contributed by atoms with Crippen molar-refractivity contribution in [3.05, 3.63) is 35.7 Å². The van der Waals surface area contributed by atoms with E-state index in [0.717, 1.165) is 18.0 Å². The second-order valence-corrected chi connectivity index (χ2v) is 5.77. The maximum Gasteiger partial charge on any atom is 0.237 e. The summed E-state index contributed by atoms with van der Waals surface area (Å²) >= 11 is 1.21. The van der Waals surface area contributed by atoms with Crippen LogP contribution in [0.3, 0.4) is 0 Å². The Bertz CT molecular complexity index is 674. The third-order valence-electron chi connectivity index (χ3n) is 2.89. The standard InChI is InChI=1S/C13H14F2N4OS/c1-7(21-13-18-17-8(2)19(13)3)12(20)16-11-5-4-9(14)6-10(11)15/h4-7H,1-3H3,(H,16,20)/t7-/m1/s1. The molecule has 21 heavy (non-hydrogen) atoms. The lowest BCUT2D eigenvalue weighted by Crippen LogP contribution is -2.23. The van der Waals surface area contributed by atoms with E-state index in [1.54, 1.807) is 25.5 Å². The van der Waals surface area contributed by atoms with Gasteiger partial charge in [0, 0.05) is 13.1 Å². The lowest BCUT2D eigenvalue weighted by atomic mass is 10.3. The average Bonchev–Trinajstić information content (AvgIpc) is 2.73. The predicted molar refractivity (Wildman–Crippen MR) is 76.0 cm³/mol. The summed E-state index contributed by atoms with van der Waals surface area (Å²) in [5.74, 6) is -1.17. The molecule has 1 heterocycles. The van der Waals surface area contributed by atoms with Crippen molar-refractivity contribution in [3.8, 4) is 0 Å². The smallest absolute Gasteiger partial charge is 0.237 e. The zero-order valence-corrected chi connectivity index (χ0v) is 12.5. The van der Waals surface area contributed by atoms with Gasteiger partial charge in [-0.1, -0.05) is 11.8 Å². The van der Waals surface area contributed by atoms with Crippen molar-refractivity contribution in [1.29, 1.82) is 0 Å². The van der Waals surface area contributed by atoms with Gasteiger partial charge in [-0.3, -0.25) is 4.79 Å². The Balaban J connectivity index is 2.04. The first-order valence-corrected chi connectivity index (χ1v) is 7.05. The third-order valence-corrected chi connectivity index (χ3v) is 4.03. The van der Waals surface area contributed by atoms with Gasteiger partial charge in [0.1, 0.15) is 17.5 Å². The zero-order valence-electron chi connectivity index (χ0n) is 11.7. The number of hydrogen-bond donors (Lipinski definition) is 1. The SMILES string of the molecule is Cc1nnc(S[C@H](C)C(=O)Nc2ccc(F)cc2F)n1C. The van der Waals surface area contributed by atoms with Gasteiger partial charge in [-0.2, -0.15) is 0 Å². The van der Waals surface area contributed by atoms with Crippen LogP contribution in [0.4, 0.5) is 14.5 Å². The highest BCUT2D eigenvalue weighted by atomic mass is 32.2. The number of rotatable bonds is 4. The number of aromatic nitrogens is 3. The molecule has 0 unspecified atom stereocenters. The molecule has 0 aliphatic rings. The predicted octanol–water partition coefficient (Wildman–Crippen LogP) is 2.52. The van der Waals surface area contributed by atoms with Gasteiger partial charge >= 0.3 is 0 Å². The summed E-state index contributed by atoms with van der Waals surface area (Å²) in [6.45, 7) is 3.47. The maximum absolute atomic E-state index is 13.5. The van der Waals surface area contributed by atoms with Crippen LogP contribution in [0.15, 0.2) is 23.4 Å². The van der Waals surface area contributed by atoms with Gasteiger partial charge in [0.15, 0.2) is 5.16 Å². The van der Waals surface area contributed by atoms with Crippen LogP contribution in [0, 0.1) is 18.6 Å². The first-order chi connectivity index (χ1) is 9.88. The quantitative estimate of drug-likeness (QED) is 0.881. The molecule has 1 N–H and O–H groups in total. The molecule has 1 aromatic carbocycles. The molecule has 1 amide bonds. The summed E-state index contributed by atoms with van der Waals surface area (Å²) in [4.78, 5) is 12.0. The Morgan fingerprint density at radius 2 is 2.10 bits per heavy atom. The monoisotopic (exact) mass is 312 g/mol. The molecule has 1 atom stereocenters. The number of hydrogen-bond acceptors (Lipinski definition) is 4. The first kappa shape index (κ1) is 15.4. The minimum Gasteiger partial charge on any atom is -0.323 e. The van der Waals surface area contributed by atoms with Crippen LogP contribution in [0.5, 0.6) is 0 Å². The Hall–Kier alpha value is -1.96. The van der Waals surface area contributed by atoms with Crippen molar-refractivity contribution < 1.29 is 13.6 Å². The van der Waals surface area contributed by atoms with E-state index >= 15 is 0 Å². The zero-order chi connectivity index (χ0) is 15.6. The largest absolute Gasteiger partial charge is 0.323 e. The Morgan fingerprint density at radius 3 is 2.67 bits per heavy atom. The highest BCUT2D eigenvalue weighted by molar-refractivity contribution is 8.00. The number of benzene rings is 1. The minimum atomic E-state index is -0.810. The highest BCUT2D eigenvalue weighted by Crippen LogP contribution is 2.23. The second-order valence-electron chi connectivity index (χ2n) is 4.46. The number of halogens is 2. The molecule has 1 aromatic heterocycles. The van der Waals surface area contributed by atoms with E-state index in [0.29, 0.717) is 5.16 Å². The number of aryl methyl sites for hydroxylation is 1. The van der Waals surface area contributed by atoms with Crippen LogP contribution in [0.1, 0.15) is 12.7 Å². The molecule has 8 heteroatoms. The van der Waals surface area contributed by atoms with Crippen LogP contribution in [0.25, 0.3) is 0 Å². The van der Waals surface area contributed by atoms with Crippen LogP contribution in [-0.2, 0) is 11.8 Å². The fourth-order valence-corrected chi connectivity index (χ4v) is 2.39. The molecule has 0 bridgehead atoms. The van der Waals surface area contributed by atoms with E-state index in [9.17, 15) is 13.6 Å². The van der Waals surface area contributed by atoms with Gasteiger partial charge in [-0.05, 0) is 26.0 Å². The minimum absolute atomic E-state index is 0.0528. The summed E-state index contributed by atoms with van der Waals surface area (Å²) < 4.78 is 28.0. The number of amides is 1. The number of nitrogens with zero attached hydrogens (tertiary/aromatic N) is 3. The number of anilines is 1. The van der Waals surface area contributed by atoms with Gasteiger partial charge in [0.05, 0.1) is 10.9 Å². The van der Waals surface area contributed by atoms with Gasteiger partial charge in [0.25, 0.3) is 0 Å². The van der Waals surface area contributed by atoms with Gasteiger partial charge in [-0.25, -0.2) is 8.78 Å². The Kier molecular flexibility index (Phi) is 4.56. The Morgan fingerprint density at radius 1 is 1.38 bits per heavy atom. The van der Waals surface area contributed by atoms with E-state index in [2.05, 4.69) is 15.5 Å². The van der Waals surface area contributed by atoms with Crippen molar-refractivity contribution >= 4 is 23.4 Å². The molecule has 0 aliphatic carbocycles. The van der Waals surface area contributed by atoms with E-state index < -0.39 is 22.8 Å². The second kappa shape index (κ2) is 6.21. The van der Waals surface area contributed by atoms with Crippen molar-refractivity contribution in [3.63, 3.8) is 0 Å². The summed E-state index contributed by atoms with van der Waals surface area (Å²) in [6.07, 6.45) is 0. The summed E-state index contributed by atoms with van der Waals surface area (Å²) in [7, 11) is 1.79. The lowest BCUT2D eigenvalue weighted by Gasteiger charge is -2.12. The van der Waals surface area contributed by atoms with Crippen LogP contribution in [-0.4, -0.2) is 25.9 Å². The van der Waals surface area contributed by atoms with E-state index in [-0.39, 0.29) is 5.69 Å². The molecule has 112 valence electrons. The summed E-state index contributed by atoms with van der Waals surface area (Å²) in [6, 6.07) is 2.99. The molecule has 0 aliphatic heterocycles. The topological polar surface area (TPSA) is 59.8 Å². The molecule has 0 saturated heterocycles. The van der Waals surface area contributed by atoms with Crippen molar-refractivity contribution in [2.45, 2.75) is 24.3 Å². The molecule has 2 aromatic rings. The fraction of sp³-hybridized carbons (Fsp3) is 0.308. The number of thioether (sulfide) groups is 1. The highest BCUT2D eigenvalue weighted by Gasteiger charge is 2.19. The Labute approximate surface area is 124 Å². The third kappa shape index (κ3) is 3.57. The molecule has 0 spiro atoms. The van der Waals surface area contributed by atoms with Crippen LogP contribution >= 0.6 is 11.8 Å². The van der Waals surface area contributed by atoms with Crippen molar-refractivity contribution in [2.24, 2.45) is 7.05 Å². The van der Waals surface area contributed by atoms with Crippen LogP contribution < -0.4 is 5.32 Å². The number of carbonyl (C=O) groups is 1. The van der Waals surface area contributed by atoms with E-state index in [1.165, 1.54) is 17.8 Å².